The van der Waals surface area contributed by atoms with Gasteiger partial charge in [0, 0.05) is 12.5 Å². The predicted octanol–water partition coefficient (Wildman–Crippen LogP) is 3.48. The molecule has 5 nitrogen and oxygen atoms in total. The van der Waals surface area contributed by atoms with Crippen LogP contribution in [0.1, 0.15) is 17.4 Å². The number of thiazole rings is 1. The summed E-state index contributed by atoms with van der Waals surface area (Å²) in [6, 6.07) is 3.26. The summed E-state index contributed by atoms with van der Waals surface area (Å²) in [6.07, 6.45) is -4.53. The lowest BCUT2D eigenvalue weighted by Gasteiger charge is -2.11. The number of hydrogen-bond donors (Lipinski definition) is 1. The molecule has 9 heteroatoms. The van der Waals surface area contributed by atoms with Gasteiger partial charge in [0.05, 0.1) is 23.2 Å². The molecule has 1 aromatic carbocycles. The van der Waals surface area contributed by atoms with Crippen LogP contribution in [0.2, 0.25) is 0 Å². The van der Waals surface area contributed by atoms with Crippen molar-refractivity contribution >= 4 is 22.4 Å². The van der Waals surface area contributed by atoms with Gasteiger partial charge in [-0.1, -0.05) is 11.3 Å². The Balaban J connectivity index is 2.51. The van der Waals surface area contributed by atoms with Gasteiger partial charge in [-0.05, 0) is 18.2 Å². The smallest absolute Gasteiger partial charge is 0.416 e. The largest absolute Gasteiger partial charge is 0.497 e. The zero-order valence-electron chi connectivity index (χ0n) is 12.2. The Labute approximate surface area is 133 Å². The molecule has 0 radical (unpaired) electrons. The number of anilines is 1. The number of alkyl halides is 3. The van der Waals surface area contributed by atoms with E-state index in [9.17, 15) is 18.0 Å². The molecule has 0 bridgehead atoms. The number of esters is 1. The van der Waals surface area contributed by atoms with E-state index in [4.69, 9.17) is 15.2 Å². The summed E-state index contributed by atoms with van der Waals surface area (Å²) in [5.74, 6) is -0.468. The van der Waals surface area contributed by atoms with Gasteiger partial charge in [-0.2, -0.15) is 13.2 Å². The Morgan fingerprint density at radius 2 is 2.04 bits per heavy atom. The second-order valence-corrected chi connectivity index (χ2v) is 5.67. The molecular weight excluding hydrogens is 333 g/mol. The van der Waals surface area contributed by atoms with Crippen molar-refractivity contribution in [3.63, 3.8) is 0 Å². The maximum atomic E-state index is 13.0. The van der Waals surface area contributed by atoms with Crippen LogP contribution in [0.4, 0.5) is 18.3 Å². The Morgan fingerprint density at radius 3 is 2.61 bits per heavy atom. The first-order valence-corrected chi connectivity index (χ1v) is 7.17. The first kappa shape index (κ1) is 17.1. The molecule has 0 unspecified atom stereocenters. The molecule has 2 aromatic rings. The van der Waals surface area contributed by atoms with Crippen molar-refractivity contribution in [2.45, 2.75) is 19.7 Å². The van der Waals surface area contributed by atoms with Crippen molar-refractivity contribution in [2.75, 3.05) is 12.8 Å². The van der Waals surface area contributed by atoms with Crippen molar-refractivity contribution in [3.8, 4) is 17.0 Å². The molecule has 0 aliphatic heterocycles. The molecule has 0 amide bonds. The summed E-state index contributed by atoms with van der Waals surface area (Å²) in [6.45, 7) is 1.12. The number of nitrogens with zero attached hydrogens (tertiary/aromatic N) is 1. The minimum atomic E-state index is -4.53. The number of rotatable bonds is 4. The second-order valence-electron chi connectivity index (χ2n) is 4.55. The highest BCUT2D eigenvalue weighted by atomic mass is 32.1. The van der Waals surface area contributed by atoms with Gasteiger partial charge in [-0.15, -0.1) is 0 Å². The van der Waals surface area contributed by atoms with E-state index in [1.807, 2.05) is 0 Å². The van der Waals surface area contributed by atoms with Crippen LogP contribution >= 0.6 is 11.3 Å². The molecule has 23 heavy (non-hydrogen) atoms. The maximum absolute atomic E-state index is 13.0. The number of methoxy groups -OCH3 is 1. The molecule has 0 saturated heterocycles. The Morgan fingerprint density at radius 1 is 1.35 bits per heavy atom. The average Bonchev–Trinajstić information content (AvgIpc) is 2.84. The third kappa shape index (κ3) is 4.13. The van der Waals surface area contributed by atoms with Crippen molar-refractivity contribution < 1.29 is 27.4 Å². The molecule has 0 saturated carbocycles. The zero-order valence-corrected chi connectivity index (χ0v) is 13.0. The standard InChI is InChI=1S/C14H13F3N2O3S/c1-7(20)22-6-11-12(19-13(18)23-11)8-3-9(14(15,16)17)5-10(4-8)21-2/h3-5H,6H2,1-2H3,(H2,18,19). The monoisotopic (exact) mass is 346 g/mol. The summed E-state index contributed by atoms with van der Waals surface area (Å²) in [7, 11) is 1.27. The van der Waals surface area contributed by atoms with Gasteiger partial charge in [0.1, 0.15) is 12.4 Å². The minimum absolute atomic E-state index is 0.0415. The van der Waals surface area contributed by atoms with E-state index in [2.05, 4.69) is 4.98 Å². The molecule has 0 spiro atoms. The normalized spacial score (nSPS) is 11.3. The Hall–Kier alpha value is -2.29. The third-order valence-corrected chi connectivity index (χ3v) is 3.72. The van der Waals surface area contributed by atoms with Crippen molar-refractivity contribution in [1.82, 2.24) is 4.98 Å². The van der Waals surface area contributed by atoms with Gasteiger partial charge in [0.2, 0.25) is 0 Å². The van der Waals surface area contributed by atoms with Crippen LogP contribution in [0.15, 0.2) is 18.2 Å². The highest BCUT2D eigenvalue weighted by Gasteiger charge is 2.32. The number of nitrogen functional groups attached to an aromatic ring is 1. The van der Waals surface area contributed by atoms with E-state index >= 15 is 0 Å². The lowest BCUT2D eigenvalue weighted by Crippen LogP contribution is -2.06. The van der Waals surface area contributed by atoms with Gasteiger partial charge in [0.15, 0.2) is 5.13 Å². The molecular formula is C14H13F3N2O3S. The summed E-state index contributed by atoms with van der Waals surface area (Å²) in [4.78, 5) is 15.4. The fourth-order valence-corrected chi connectivity index (χ4v) is 2.65. The average molecular weight is 346 g/mol. The van der Waals surface area contributed by atoms with Crippen molar-refractivity contribution in [3.05, 3.63) is 28.6 Å². The number of nitrogens with two attached hydrogens (primary N) is 1. The highest BCUT2D eigenvalue weighted by molar-refractivity contribution is 7.15. The molecule has 1 aromatic heterocycles. The topological polar surface area (TPSA) is 74.4 Å². The van der Waals surface area contributed by atoms with Crippen LogP contribution in [0, 0.1) is 0 Å². The number of hydrogen-bond acceptors (Lipinski definition) is 6. The van der Waals surface area contributed by atoms with Gasteiger partial charge in [-0.3, -0.25) is 4.79 Å². The molecule has 0 fully saturated rings. The van der Waals surface area contributed by atoms with Crippen molar-refractivity contribution in [1.29, 1.82) is 0 Å². The number of carbonyl (C=O) groups excluding carboxylic acids is 1. The lowest BCUT2D eigenvalue weighted by atomic mass is 10.1. The number of halogens is 3. The number of ether oxygens (including phenoxy) is 2. The van der Waals surface area contributed by atoms with Crippen LogP contribution in [-0.4, -0.2) is 18.1 Å². The first-order valence-electron chi connectivity index (χ1n) is 6.36. The first-order chi connectivity index (χ1) is 10.7. The molecule has 2 N–H and O–H groups in total. The molecule has 0 atom stereocenters. The number of carbonyl (C=O) groups is 1. The van der Waals surface area contributed by atoms with E-state index < -0.39 is 17.7 Å². The van der Waals surface area contributed by atoms with Crippen molar-refractivity contribution in [2.24, 2.45) is 0 Å². The van der Waals surface area contributed by atoms with E-state index in [0.29, 0.717) is 4.88 Å². The summed E-state index contributed by atoms with van der Waals surface area (Å²) in [5.41, 5.74) is 5.19. The highest BCUT2D eigenvalue weighted by Crippen LogP contribution is 2.38. The van der Waals surface area contributed by atoms with E-state index in [1.165, 1.54) is 20.1 Å². The zero-order chi connectivity index (χ0) is 17.2. The molecule has 2 rings (SSSR count). The van der Waals surface area contributed by atoms with E-state index in [0.717, 1.165) is 23.5 Å². The minimum Gasteiger partial charge on any atom is -0.497 e. The predicted molar refractivity (Wildman–Crippen MR) is 79.0 cm³/mol. The fraction of sp³-hybridized carbons (Fsp3) is 0.286. The molecule has 0 aliphatic carbocycles. The lowest BCUT2D eigenvalue weighted by molar-refractivity contribution is -0.142. The molecule has 124 valence electrons. The second kappa shape index (κ2) is 6.45. The maximum Gasteiger partial charge on any atom is 0.416 e. The van der Waals surface area contributed by atoms with E-state index in [-0.39, 0.29) is 28.7 Å². The van der Waals surface area contributed by atoms with Crippen LogP contribution < -0.4 is 10.5 Å². The summed E-state index contributed by atoms with van der Waals surface area (Å²) >= 11 is 1.05. The van der Waals surface area contributed by atoms with Gasteiger partial charge in [-0.25, -0.2) is 4.98 Å². The van der Waals surface area contributed by atoms with Gasteiger partial charge in [0.25, 0.3) is 0 Å². The number of benzene rings is 1. The summed E-state index contributed by atoms with van der Waals surface area (Å²) < 4.78 is 48.8. The number of aromatic nitrogens is 1. The van der Waals surface area contributed by atoms with E-state index in [1.54, 1.807) is 0 Å². The third-order valence-electron chi connectivity index (χ3n) is 2.86. The quantitative estimate of drug-likeness (QED) is 0.858. The SMILES string of the molecule is COc1cc(-c2nc(N)sc2COC(C)=O)cc(C(F)(F)F)c1. The Bertz CT molecular complexity index is 729. The fourth-order valence-electron chi connectivity index (χ4n) is 1.88. The van der Waals surface area contributed by atoms with Crippen LogP contribution in [-0.2, 0) is 22.3 Å². The Kier molecular flexibility index (Phi) is 4.79. The van der Waals surface area contributed by atoms with Gasteiger partial charge >= 0.3 is 12.1 Å². The van der Waals surface area contributed by atoms with Crippen LogP contribution in [0.25, 0.3) is 11.3 Å². The summed E-state index contributed by atoms with van der Waals surface area (Å²) in [5, 5.41) is 0.165. The van der Waals surface area contributed by atoms with Crippen LogP contribution in [0.5, 0.6) is 5.75 Å². The van der Waals surface area contributed by atoms with Crippen LogP contribution in [0.3, 0.4) is 0 Å². The van der Waals surface area contributed by atoms with Gasteiger partial charge < -0.3 is 15.2 Å². The molecule has 0 aliphatic rings. The molecule has 1 heterocycles.